The van der Waals surface area contributed by atoms with Gasteiger partial charge < -0.3 is 20.5 Å². The molecule has 0 bridgehead atoms. The van der Waals surface area contributed by atoms with Gasteiger partial charge in [-0.3, -0.25) is 4.79 Å². The van der Waals surface area contributed by atoms with Crippen LogP contribution in [0, 0.1) is 0 Å². The van der Waals surface area contributed by atoms with Crippen molar-refractivity contribution in [2.24, 2.45) is 0 Å². The first-order chi connectivity index (χ1) is 12.0. The molecule has 7 heteroatoms. The van der Waals surface area contributed by atoms with Crippen LogP contribution in [0.2, 0.25) is 5.02 Å². The summed E-state index contributed by atoms with van der Waals surface area (Å²) in [6, 6.07) is 11.2. The molecule has 0 saturated carbocycles. The van der Waals surface area contributed by atoms with Crippen molar-refractivity contribution in [1.82, 2.24) is 0 Å². The van der Waals surface area contributed by atoms with Gasteiger partial charge in [0.1, 0.15) is 5.75 Å². The maximum absolute atomic E-state index is 11.9. The van der Waals surface area contributed by atoms with Gasteiger partial charge in [-0.15, -0.1) is 0 Å². The molecule has 0 aromatic heterocycles. The molecule has 0 aliphatic rings. The Morgan fingerprint density at radius 2 is 1.88 bits per heavy atom. The quantitative estimate of drug-likeness (QED) is 0.581. The third-order valence-corrected chi connectivity index (χ3v) is 3.43. The number of carbonyl (C=O) groups excluding carboxylic acids is 2. The van der Waals surface area contributed by atoms with E-state index in [9.17, 15) is 9.59 Å². The molecule has 0 atom stereocenters. The third kappa shape index (κ3) is 5.69. The average Bonchev–Trinajstić information content (AvgIpc) is 2.61. The lowest BCUT2D eigenvalue weighted by Gasteiger charge is -2.11. The number of esters is 1. The number of nitrogen functional groups attached to an aromatic ring is 1. The van der Waals surface area contributed by atoms with Gasteiger partial charge in [0.05, 0.1) is 17.9 Å². The van der Waals surface area contributed by atoms with E-state index in [0.717, 1.165) is 6.42 Å². The van der Waals surface area contributed by atoms with E-state index < -0.39 is 5.97 Å². The van der Waals surface area contributed by atoms with Crippen LogP contribution in [0.4, 0.5) is 11.4 Å². The summed E-state index contributed by atoms with van der Waals surface area (Å²) in [7, 11) is 0. The second kappa shape index (κ2) is 8.94. The van der Waals surface area contributed by atoms with Crippen molar-refractivity contribution in [3.8, 4) is 5.75 Å². The predicted molar refractivity (Wildman–Crippen MR) is 97.0 cm³/mol. The molecule has 25 heavy (non-hydrogen) atoms. The zero-order chi connectivity index (χ0) is 18.2. The summed E-state index contributed by atoms with van der Waals surface area (Å²) in [5.74, 6) is -0.574. The molecule has 0 aliphatic carbocycles. The molecule has 2 aromatic rings. The highest BCUT2D eigenvalue weighted by Gasteiger charge is 2.12. The molecule has 2 aromatic carbocycles. The molecule has 0 spiro atoms. The first-order valence-electron chi connectivity index (χ1n) is 7.74. The zero-order valence-electron chi connectivity index (χ0n) is 13.8. The van der Waals surface area contributed by atoms with Crippen LogP contribution in [-0.4, -0.2) is 25.1 Å². The van der Waals surface area contributed by atoms with E-state index in [1.54, 1.807) is 30.3 Å². The van der Waals surface area contributed by atoms with Crippen LogP contribution in [0.1, 0.15) is 23.7 Å². The molecule has 0 heterocycles. The standard InChI is InChI=1S/C18H19ClN2O4/c1-2-9-24-18(23)12-3-8-15(20)16(10-12)25-11-17(22)21-14-6-4-13(19)5-7-14/h3-8,10H,2,9,11,20H2,1H3,(H,21,22). The number of ether oxygens (including phenoxy) is 2. The maximum atomic E-state index is 11.9. The number of nitrogens with two attached hydrogens (primary N) is 1. The van der Waals surface area contributed by atoms with E-state index in [2.05, 4.69) is 5.32 Å². The number of halogens is 1. The molecular weight excluding hydrogens is 344 g/mol. The van der Waals surface area contributed by atoms with Gasteiger partial charge in [0.15, 0.2) is 6.61 Å². The van der Waals surface area contributed by atoms with Gasteiger partial charge in [0.2, 0.25) is 0 Å². The summed E-state index contributed by atoms with van der Waals surface area (Å²) in [5, 5.41) is 3.25. The number of rotatable bonds is 7. The Bertz CT molecular complexity index is 747. The minimum Gasteiger partial charge on any atom is -0.482 e. The number of benzene rings is 2. The van der Waals surface area contributed by atoms with Crippen molar-refractivity contribution >= 4 is 34.9 Å². The highest BCUT2D eigenvalue weighted by Crippen LogP contribution is 2.23. The second-order valence-corrected chi connectivity index (χ2v) is 5.67. The summed E-state index contributed by atoms with van der Waals surface area (Å²) in [5.41, 5.74) is 7.06. The Morgan fingerprint density at radius 3 is 2.56 bits per heavy atom. The van der Waals surface area contributed by atoms with E-state index in [1.807, 2.05) is 6.92 Å². The van der Waals surface area contributed by atoms with Crippen molar-refractivity contribution in [2.75, 3.05) is 24.3 Å². The van der Waals surface area contributed by atoms with E-state index in [1.165, 1.54) is 12.1 Å². The lowest BCUT2D eigenvalue weighted by molar-refractivity contribution is -0.118. The SMILES string of the molecule is CCCOC(=O)c1ccc(N)c(OCC(=O)Nc2ccc(Cl)cc2)c1. The third-order valence-electron chi connectivity index (χ3n) is 3.17. The number of amides is 1. The summed E-state index contributed by atoms with van der Waals surface area (Å²) >= 11 is 5.79. The smallest absolute Gasteiger partial charge is 0.338 e. The van der Waals surface area contributed by atoms with E-state index >= 15 is 0 Å². The van der Waals surface area contributed by atoms with Crippen molar-refractivity contribution in [3.63, 3.8) is 0 Å². The molecule has 0 radical (unpaired) electrons. The average molecular weight is 363 g/mol. The Balaban J connectivity index is 1.96. The van der Waals surface area contributed by atoms with E-state index in [-0.39, 0.29) is 18.3 Å². The number of anilines is 2. The monoisotopic (exact) mass is 362 g/mol. The van der Waals surface area contributed by atoms with Crippen LogP contribution in [0.25, 0.3) is 0 Å². The van der Waals surface area contributed by atoms with Crippen LogP contribution in [-0.2, 0) is 9.53 Å². The van der Waals surface area contributed by atoms with Gasteiger partial charge in [0, 0.05) is 10.7 Å². The van der Waals surface area contributed by atoms with E-state index in [0.29, 0.717) is 28.6 Å². The zero-order valence-corrected chi connectivity index (χ0v) is 14.5. The van der Waals surface area contributed by atoms with Gasteiger partial charge in [-0.2, -0.15) is 0 Å². The van der Waals surface area contributed by atoms with Crippen LogP contribution in [0.5, 0.6) is 5.75 Å². The van der Waals surface area contributed by atoms with Crippen LogP contribution < -0.4 is 15.8 Å². The van der Waals surface area contributed by atoms with Gasteiger partial charge in [-0.25, -0.2) is 4.79 Å². The Labute approximate surface area is 150 Å². The number of carbonyl (C=O) groups is 2. The number of hydrogen-bond acceptors (Lipinski definition) is 5. The van der Waals surface area contributed by atoms with Crippen molar-refractivity contribution in [3.05, 3.63) is 53.1 Å². The summed E-state index contributed by atoms with van der Waals surface area (Å²) in [6.07, 6.45) is 0.731. The molecule has 2 rings (SSSR count). The minimum absolute atomic E-state index is 0.247. The molecule has 1 amide bonds. The fourth-order valence-electron chi connectivity index (χ4n) is 1.94. The Morgan fingerprint density at radius 1 is 1.16 bits per heavy atom. The minimum atomic E-state index is -0.461. The summed E-state index contributed by atoms with van der Waals surface area (Å²) in [6.45, 7) is 1.99. The summed E-state index contributed by atoms with van der Waals surface area (Å²) < 4.78 is 10.5. The topological polar surface area (TPSA) is 90.7 Å². The Kier molecular flexibility index (Phi) is 6.65. The normalized spacial score (nSPS) is 10.2. The van der Waals surface area contributed by atoms with E-state index in [4.69, 9.17) is 26.8 Å². The fraction of sp³-hybridized carbons (Fsp3) is 0.222. The van der Waals surface area contributed by atoms with Crippen molar-refractivity contribution < 1.29 is 19.1 Å². The summed E-state index contributed by atoms with van der Waals surface area (Å²) in [4.78, 5) is 23.8. The van der Waals surface area contributed by atoms with Gasteiger partial charge in [-0.05, 0) is 48.9 Å². The first kappa shape index (κ1) is 18.6. The molecule has 0 unspecified atom stereocenters. The second-order valence-electron chi connectivity index (χ2n) is 5.23. The molecule has 3 N–H and O–H groups in total. The molecular formula is C18H19ClN2O4. The molecule has 6 nitrogen and oxygen atoms in total. The largest absolute Gasteiger partial charge is 0.482 e. The van der Waals surface area contributed by atoms with Crippen molar-refractivity contribution in [1.29, 1.82) is 0 Å². The maximum Gasteiger partial charge on any atom is 0.338 e. The molecule has 0 aliphatic heterocycles. The van der Waals surface area contributed by atoms with Gasteiger partial charge >= 0.3 is 5.97 Å². The van der Waals surface area contributed by atoms with Gasteiger partial charge in [-0.1, -0.05) is 18.5 Å². The fourth-order valence-corrected chi connectivity index (χ4v) is 2.06. The lowest BCUT2D eigenvalue weighted by Crippen LogP contribution is -2.20. The van der Waals surface area contributed by atoms with Gasteiger partial charge in [0.25, 0.3) is 5.91 Å². The molecule has 0 saturated heterocycles. The molecule has 132 valence electrons. The highest BCUT2D eigenvalue weighted by atomic mass is 35.5. The van der Waals surface area contributed by atoms with Crippen molar-refractivity contribution in [2.45, 2.75) is 13.3 Å². The lowest BCUT2D eigenvalue weighted by atomic mass is 10.2. The number of nitrogens with one attached hydrogen (secondary N) is 1. The first-order valence-corrected chi connectivity index (χ1v) is 8.12. The van der Waals surface area contributed by atoms with Crippen LogP contribution in [0.3, 0.4) is 0 Å². The Hall–Kier alpha value is -2.73. The van der Waals surface area contributed by atoms with Crippen LogP contribution in [0.15, 0.2) is 42.5 Å². The highest BCUT2D eigenvalue weighted by molar-refractivity contribution is 6.30. The number of hydrogen-bond donors (Lipinski definition) is 2. The van der Waals surface area contributed by atoms with Crippen LogP contribution >= 0.6 is 11.6 Å². The predicted octanol–water partition coefficient (Wildman–Crippen LogP) is 3.51. The molecule has 0 fully saturated rings.